The number of ether oxygens (including phenoxy) is 1. The van der Waals surface area contributed by atoms with Gasteiger partial charge >= 0.3 is 0 Å². The molecule has 6 nitrogen and oxygen atoms in total. The number of nitrogens with zero attached hydrogens (tertiary/aromatic N) is 5. The van der Waals surface area contributed by atoms with E-state index in [1.165, 1.54) is 18.4 Å². The minimum atomic E-state index is 0.570. The fourth-order valence-corrected chi connectivity index (χ4v) is 4.01. The summed E-state index contributed by atoms with van der Waals surface area (Å²) in [6.07, 6.45) is 8.25. The van der Waals surface area contributed by atoms with E-state index in [1.807, 2.05) is 31.6 Å². The van der Waals surface area contributed by atoms with Gasteiger partial charge in [0.25, 0.3) is 0 Å². The van der Waals surface area contributed by atoms with Gasteiger partial charge in [0.1, 0.15) is 0 Å². The van der Waals surface area contributed by atoms with Crippen LogP contribution in [0.15, 0.2) is 30.7 Å². The highest BCUT2D eigenvalue weighted by molar-refractivity contribution is 5.31. The van der Waals surface area contributed by atoms with Crippen molar-refractivity contribution >= 4 is 5.95 Å². The highest BCUT2D eigenvalue weighted by Gasteiger charge is 2.38. The highest BCUT2D eigenvalue weighted by Crippen LogP contribution is 2.33. The summed E-state index contributed by atoms with van der Waals surface area (Å²) in [6.45, 7) is 6.20. The maximum atomic E-state index is 5.15. The lowest BCUT2D eigenvalue weighted by atomic mass is 9.92. The lowest BCUT2D eigenvalue weighted by molar-refractivity contribution is 0.199. The van der Waals surface area contributed by atoms with Crippen LogP contribution in [-0.4, -0.2) is 52.6 Å². The number of aromatic nitrogens is 3. The van der Waals surface area contributed by atoms with E-state index >= 15 is 0 Å². The largest absolute Gasteiger partial charge is 0.481 e. The van der Waals surface area contributed by atoms with Gasteiger partial charge in [-0.2, -0.15) is 0 Å². The number of likely N-dealkylation sites (tertiary alicyclic amines) is 1. The summed E-state index contributed by atoms with van der Waals surface area (Å²) in [6, 6.07) is 4.62. The van der Waals surface area contributed by atoms with Crippen LogP contribution < -0.4 is 9.64 Å². The molecule has 2 saturated heterocycles. The van der Waals surface area contributed by atoms with Gasteiger partial charge in [-0.15, -0.1) is 0 Å². The van der Waals surface area contributed by atoms with Crippen LogP contribution in [0, 0.1) is 12.8 Å². The number of hydrogen-bond acceptors (Lipinski definition) is 6. The number of piperidine rings is 1. The van der Waals surface area contributed by atoms with Gasteiger partial charge in [0.2, 0.25) is 11.8 Å². The minimum absolute atomic E-state index is 0.570. The molecule has 2 aliphatic heterocycles. The molecule has 0 bridgehead atoms. The van der Waals surface area contributed by atoms with Crippen LogP contribution >= 0.6 is 0 Å². The summed E-state index contributed by atoms with van der Waals surface area (Å²) in [5.41, 5.74) is 2.35. The second-order valence-electron chi connectivity index (χ2n) is 7.09. The van der Waals surface area contributed by atoms with Gasteiger partial charge in [0.05, 0.1) is 7.11 Å². The summed E-state index contributed by atoms with van der Waals surface area (Å²) in [7, 11) is 1.65. The van der Waals surface area contributed by atoms with Crippen LogP contribution in [0.1, 0.15) is 24.0 Å². The number of rotatable bonds is 4. The van der Waals surface area contributed by atoms with Crippen molar-refractivity contribution in [3.05, 3.63) is 41.9 Å². The van der Waals surface area contributed by atoms with Crippen molar-refractivity contribution in [2.75, 3.05) is 31.6 Å². The van der Waals surface area contributed by atoms with Crippen LogP contribution in [0.25, 0.3) is 0 Å². The molecule has 4 heterocycles. The quantitative estimate of drug-likeness (QED) is 0.852. The molecule has 0 saturated carbocycles. The van der Waals surface area contributed by atoms with Gasteiger partial charge in [-0.05, 0) is 43.4 Å². The summed E-state index contributed by atoms with van der Waals surface area (Å²) >= 11 is 0. The van der Waals surface area contributed by atoms with Crippen molar-refractivity contribution in [3.8, 4) is 5.88 Å². The molecule has 2 unspecified atom stereocenters. The SMILES string of the molecule is COc1ccc(CN2CCC3CCN(c4ncc(C)cn4)CC32)cn1. The summed E-state index contributed by atoms with van der Waals surface area (Å²) in [5, 5.41) is 0. The number of pyridine rings is 1. The van der Waals surface area contributed by atoms with Gasteiger partial charge in [0, 0.05) is 50.3 Å². The van der Waals surface area contributed by atoms with Crippen molar-refractivity contribution in [2.45, 2.75) is 32.4 Å². The van der Waals surface area contributed by atoms with Crippen molar-refractivity contribution in [3.63, 3.8) is 0 Å². The molecule has 2 aromatic heterocycles. The molecule has 4 rings (SSSR count). The van der Waals surface area contributed by atoms with Gasteiger partial charge in [-0.1, -0.05) is 6.07 Å². The zero-order valence-corrected chi connectivity index (χ0v) is 14.9. The number of fused-ring (bicyclic) bond motifs is 1. The fourth-order valence-electron chi connectivity index (χ4n) is 4.01. The molecule has 0 spiro atoms. The Labute approximate surface area is 148 Å². The first-order valence-corrected chi connectivity index (χ1v) is 8.99. The van der Waals surface area contributed by atoms with Crippen LogP contribution in [-0.2, 0) is 6.54 Å². The molecule has 0 radical (unpaired) electrons. The standard InChI is InChI=1S/C19H25N5O/c1-14-9-21-19(22-10-14)24-8-6-16-5-7-23(17(16)13-24)12-15-3-4-18(25-2)20-11-15/h3-4,9-11,16-17H,5-8,12-13H2,1-2H3. The number of anilines is 1. The topological polar surface area (TPSA) is 54.4 Å². The molecule has 132 valence electrons. The van der Waals surface area contributed by atoms with E-state index in [0.717, 1.165) is 43.6 Å². The van der Waals surface area contributed by atoms with Crippen molar-refractivity contribution in [1.29, 1.82) is 0 Å². The van der Waals surface area contributed by atoms with Crippen molar-refractivity contribution in [2.24, 2.45) is 5.92 Å². The molecule has 0 N–H and O–H groups in total. The summed E-state index contributed by atoms with van der Waals surface area (Å²) < 4.78 is 5.15. The summed E-state index contributed by atoms with van der Waals surface area (Å²) in [5.74, 6) is 2.32. The second-order valence-corrected chi connectivity index (χ2v) is 7.09. The smallest absolute Gasteiger partial charge is 0.225 e. The Morgan fingerprint density at radius 2 is 1.88 bits per heavy atom. The molecule has 6 heteroatoms. The third kappa shape index (κ3) is 3.44. The van der Waals surface area contributed by atoms with Gasteiger partial charge < -0.3 is 9.64 Å². The van der Waals surface area contributed by atoms with Crippen molar-refractivity contribution in [1.82, 2.24) is 19.9 Å². The van der Waals surface area contributed by atoms with E-state index < -0.39 is 0 Å². The van der Waals surface area contributed by atoms with E-state index in [2.05, 4.69) is 30.8 Å². The maximum Gasteiger partial charge on any atom is 0.225 e. The Hall–Kier alpha value is -2.21. The third-order valence-corrected chi connectivity index (χ3v) is 5.42. The molecular formula is C19H25N5O. The predicted molar refractivity (Wildman–Crippen MR) is 96.7 cm³/mol. The van der Waals surface area contributed by atoms with Crippen LogP contribution in [0.2, 0.25) is 0 Å². The number of methoxy groups -OCH3 is 1. The monoisotopic (exact) mass is 339 g/mol. The first-order valence-electron chi connectivity index (χ1n) is 8.99. The number of aryl methyl sites for hydroxylation is 1. The molecule has 2 aliphatic rings. The van der Waals surface area contributed by atoms with Crippen LogP contribution in [0.3, 0.4) is 0 Å². The predicted octanol–water partition coefficient (Wildman–Crippen LogP) is 2.29. The molecule has 2 fully saturated rings. The Balaban J connectivity index is 1.45. The van der Waals surface area contributed by atoms with E-state index in [0.29, 0.717) is 11.9 Å². The molecular weight excluding hydrogens is 314 g/mol. The van der Waals surface area contributed by atoms with E-state index in [9.17, 15) is 0 Å². The van der Waals surface area contributed by atoms with Gasteiger partial charge in [0.15, 0.2) is 0 Å². The Bertz CT molecular complexity index is 703. The van der Waals surface area contributed by atoms with Crippen LogP contribution in [0.4, 0.5) is 5.95 Å². The molecule has 0 aromatic carbocycles. The Morgan fingerprint density at radius 1 is 1.08 bits per heavy atom. The third-order valence-electron chi connectivity index (χ3n) is 5.42. The van der Waals surface area contributed by atoms with Crippen LogP contribution in [0.5, 0.6) is 5.88 Å². The fraction of sp³-hybridized carbons (Fsp3) is 0.526. The minimum Gasteiger partial charge on any atom is -0.481 e. The summed E-state index contributed by atoms with van der Waals surface area (Å²) in [4.78, 5) is 18.3. The zero-order chi connectivity index (χ0) is 17.2. The van der Waals surface area contributed by atoms with E-state index in [4.69, 9.17) is 4.74 Å². The number of hydrogen-bond donors (Lipinski definition) is 0. The first kappa shape index (κ1) is 16.3. The maximum absolute atomic E-state index is 5.15. The average Bonchev–Trinajstić information content (AvgIpc) is 3.05. The van der Waals surface area contributed by atoms with Gasteiger partial charge in [-0.25, -0.2) is 15.0 Å². The molecule has 0 aliphatic carbocycles. The van der Waals surface area contributed by atoms with Gasteiger partial charge in [-0.3, -0.25) is 4.90 Å². The molecule has 2 atom stereocenters. The highest BCUT2D eigenvalue weighted by atomic mass is 16.5. The average molecular weight is 339 g/mol. The zero-order valence-electron chi connectivity index (χ0n) is 14.9. The molecule has 25 heavy (non-hydrogen) atoms. The molecule has 0 amide bonds. The molecule has 2 aromatic rings. The second kappa shape index (κ2) is 6.96. The van der Waals surface area contributed by atoms with E-state index in [-0.39, 0.29) is 0 Å². The van der Waals surface area contributed by atoms with Crippen molar-refractivity contribution < 1.29 is 4.74 Å². The lowest BCUT2D eigenvalue weighted by Crippen LogP contribution is -2.48. The Morgan fingerprint density at radius 3 is 2.60 bits per heavy atom. The Kier molecular flexibility index (Phi) is 4.53. The van der Waals surface area contributed by atoms with E-state index in [1.54, 1.807) is 7.11 Å². The lowest BCUT2D eigenvalue weighted by Gasteiger charge is -2.38. The first-order chi connectivity index (χ1) is 12.2. The normalized spacial score (nSPS) is 23.5.